The summed E-state index contributed by atoms with van der Waals surface area (Å²) in [6, 6.07) is 7.24. The Bertz CT molecular complexity index is 378. The fourth-order valence-electron chi connectivity index (χ4n) is 2.08. The van der Waals surface area contributed by atoms with Gasteiger partial charge in [0.25, 0.3) is 0 Å². The number of halogens is 1. The molecule has 0 unspecified atom stereocenters. The highest BCUT2D eigenvalue weighted by Crippen LogP contribution is 2.20. The van der Waals surface area contributed by atoms with E-state index in [0.29, 0.717) is 5.02 Å². The van der Waals surface area contributed by atoms with E-state index in [1.807, 2.05) is 19.2 Å². The lowest BCUT2D eigenvalue weighted by molar-refractivity contribution is 0.0890. The summed E-state index contributed by atoms with van der Waals surface area (Å²) in [5.74, 6) is 0.192. The molecule has 0 spiro atoms. The number of ketones is 1. The van der Waals surface area contributed by atoms with Crippen LogP contribution in [0.1, 0.15) is 23.2 Å². The average molecular weight is 224 g/mol. The summed E-state index contributed by atoms with van der Waals surface area (Å²) in [6.45, 7) is 1.01. The lowest BCUT2D eigenvalue weighted by Crippen LogP contribution is -2.32. The Hall–Kier alpha value is -0.860. The molecule has 1 atom stereocenters. The molecule has 80 valence electrons. The molecule has 0 amide bonds. The number of likely N-dealkylation sites (N-methyl/N-ethyl adjacent to an activating group) is 1. The first kappa shape index (κ1) is 10.7. The molecule has 0 N–H and O–H groups in total. The summed E-state index contributed by atoms with van der Waals surface area (Å²) >= 11 is 5.87. The van der Waals surface area contributed by atoms with Crippen molar-refractivity contribution in [3.63, 3.8) is 0 Å². The molecule has 1 fully saturated rings. The Labute approximate surface area is 94.8 Å². The third-order valence-corrected chi connectivity index (χ3v) is 3.17. The minimum absolute atomic E-state index is 0.0449. The van der Waals surface area contributed by atoms with E-state index in [9.17, 15) is 4.79 Å². The smallest absolute Gasteiger partial charge is 0.179 e. The van der Waals surface area contributed by atoms with Gasteiger partial charge in [0.05, 0.1) is 6.04 Å². The Balaban J connectivity index is 2.20. The quantitative estimate of drug-likeness (QED) is 0.719. The van der Waals surface area contributed by atoms with Gasteiger partial charge in [0, 0.05) is 10.6 Å². The first-order chi connectivity index (χ1) is 7.18. The van der Waals surface area contributed by atoms with Crippen molar-refractivity contribution < 1.29 is 4.79 Å². The minimum atomic E-state index is 0.0449. The summed E-state index contributed by atoms with van der Waals surface area (Å²) < 4.78 is 0. The van der Waals surface area contributed by atoms with Crippen LogP contribution in [0.4, 0.5) is 0 Å². The molecule has 2 rings (SSSR count). The average Bonchev–Trinajstić information content (AvgIpc) is 2.63. The van der Waals surface area contributed by atoms with Crippen molar-refractivity contribution in [2.24, 2.45) is 0 Å². The Kier molecular flexibility index (Phi) is 3.08. The topological polar surface area (TPSA) is 20.3 Å². The molecule has 1 aliphatic rings. The molecule has 0 bridgehead atoms. The number of likely N-dealkylation sites (tertiary alicyclic amines) is 1. The number of nitrogens with zero attached hydrogens (tertiary/aromatic N) is 1. The zero-order valence-corrected chi connectivity index (χ0v) is 9.50. The summed E-state index contributed by atoms with van der Waals surface area (Å²) in [5.41, 5.74) is 0.723. The van der Waals surface area contributed by atoms with Crippen LogP contribution in [0.25, 0.3) is 0 Å². The number of rotatable bonds is 2. The van der Waals surface area contributed by atoms with Crippen LogP contribution in [0.5, 0.6) is 0 Å². The number of carbonyl (C=O) groups excluding carboxylic acids is 1. The van der Waals surface area contributed by atoms with Crippen molar-refractivity contribution in [2.45, 2.75) is 18.9 Å². The van der Waals surface area contributed by atoms with Crippen molar-refractivity contribution in [2.75, 3.05) is 13.6 Å². The molecular weight excluding hydrogens is 210 g/mol. The van der Waals surface area contributed by atoms with Crippen LogP contribution in [0.2, 0.25) is 5.02 Å². The van der Waals surface area contributed by atoms with Gasteiger partial charge in [0.2, 0.25) is 0 Å². The summed E-state index contributed by atoms with van der Waals surface area (Å²) in [7, 11) is 2.00. The third kappa shape index (κ3) is 2.21. The number of carbonyl (C=O) groups is 1. The fraction of sp³-hybridized carbons (Fsp3) is 0.417. The van der Waals surface area contributed by atoms with Gasteiger partial charge in [0.1, 0.15) is 0 Å². The van der Waals surface area contributed by atoms with Gasteiger partial charge in [-0.05, 0) is 38.6 Å². The zero-order chi connectivity index (χ0) is 10.8. The van der Waals surface area contributed by atoms with E-state index >= 15 is 0 Å². The van der Waals surface area contributed by atoms with E-state index in [2.05, 4.69) is 4.90 Å². The van der Waals surface area contributed by atoms with Gasteiger partial charge < -0.3 is 0 Å². The molecule has 3 heteroatoms. The highest BCUT2D eigenvalue weighted by molar-refractivity contribution is 6.31. The van der Waals surface area contributed by atoms with Crippen molar-refractivity contribution in [1.82, 2.24) is 4.90 Å². The fourth-order valence-corrected chi connectivity index (χ4v) is 2.27. The third-order valence-electron chi connectivity index (χ3n) is 2.93. The number of hydrogen-bond acceptors (Lipinski definition) is 2. The first-order valence-corrected chi connectivity index (χ1v) is 5.56. The summed E-state index contributed by atoms with van der Waals surface area (Å²) in [6.07, 6.45) is 2.06. The molecule has 0 saturated carbocycles. The predicted molar refractivity (Wildman–Crippen MR) is 61.4 cm³/mol. The Morgan fingerprint density at radius 1 is 1.53 bits per heavy atom. The van der Waals surface area contributed by atoms with Crippen LogP contribution in [0, 0.1) is 0 Å². The maximum atomic E-state index is 12.1. The zero-order valence-electron chi connectivity index (χ0n) is 8.74. The predicted octanol–water partition coefficient (Wildman–Crippen LogP) is 2.62. The lowest BCUT2D eigenvalue weighted by Gasteiger charge is -2.17. The van der Waals surface area contributed by atoms with Gasteiger partial charge in [-0.3, -0.25) is 9.69 Å². The van der Waals surface area contributed by atoms with Crippen molar-refractivity contribution in [3.8, 4) is 0 Å². The van der Waals surface area contributed by atoms with E-state index in [0.717, 1.165) is 24.9 Å². The summed E-state index contributed by atoms with van der Waals surface area (Å²) in [5, 5.41) is 0.626. The highest BCUT2D eigenvalue weighted by atomic mass is 35.5. The van der Waals surface area contributed by atoms with Crippen molar-refractivity contribution in [3.05, 3.63) is 34.9 Å². The van der Waals surface area contributed by atoms with E-state index in [1.54, 1.807) is 12.1 Å². The van der Waals surface area contributed by atoms with Gasteiger partial charge in [-0.15, -0.1) is 0 Å². The van der Waals surface area contributed by atoms with Crippen LogP contribution in [0.15, 0.2) is 24.3 Å². The molecule has 0 radical (unpaired) electrons. The second kappa shape index (κ2) is 4.33. The van der Waals surface area contributed by atoms with E-state index in [-0.39, 0.29) is 11.8 Å². The molecule has 15 heavy (non-hydrogen) atoms. The molecule has 0 aliphatic carbocycles. The van der Waals surface area contributed by atoms with Crippen molar-refractivity contribution >= 4 is 17.4 Å². The maximum Gasteiger partial charge on any atom is 0.179 e. The van der Waals surface area contributed by atoms with E-state index in [1.165, 1.54) is 0 Å². The molecule has 1 aliphatic heterocycles. The van der Waals surface area contributed by atoms with Crippen LogP contribution in [-0.4, -0.2) is 30.3 Å². The number of hydrogen-bond donors (Lipinski definition) is 0. The number of Topliss-reactive ketones (excluding diaryl/α,β-unsaturated/α-hetero) is 1. The molecule has 1 aromatic carbocycles. The van der Waals surface area contributed by atoms with E-state index < -0.39 is 0 Å². The molecule has 0 aromatic heterocycles. The first-order valence-electron chi connectivity index (χ1n) is 5.18. The second-order valence-electron chi connectivity index (χ2n) is 4.01. The van der Waals surface area contributed by atoms with Gasteiger partial charge >= 0.3 is 0 Å². The van der Waals surface area contributed by atoms with Gasteiger partial charge in [-0.25, -0.2) is 0 Å². The van der Waals surface area contributed by atoms with Crippen LogP contribution in [-0.2, 0) is 0 Å². The van der Waals surface area contributed by atoms with E-state index in [4.69, 9.17) is 11.6 Å². The standard InChI is InChI=1S/C12H14ClNO/c1-14-7-3-6-11(14)12(15)9-4-2-5-10(13)8-9/h2,4-5,8,11H,3,6-7H2,1H3/t11-/m0/s1. The van der Waals surface area contributed by atoms with Crippen LogP contribution in [0.3, 0.4) is 0 Å². The minimum Gasteiger partial charge on any atom is -0.296 e. The Morgan fingerprint density at radius 2 is 2.33 bits per heavy atom. The second-order valence-corrected chi connectivity index (χ2v) is 4.45. The normalized spacial score (nSPS) is 21.9. The molecular formula is C12H14ClNO. The van der Waals surface area contributed by atoms with Gasteiger partial charge in [-0.1, -0.05) is 23.7 Å². The molecule has 1 aromatic rings. The van der Waals surface area contributed by atoms with Crippen molar-refractivity contribution in [1.29, 1.82) is 0 Å². The van der Waals surface area contributed by atoms with Gasteiger partial charge in [-0.2, -0.15) is 0 Å². The molecule has 2 nitrogen and oxygen atoms in total. The molecule has 1 saturated heterocycles. The monoisotopic (exact) mass is 223 g/mol. The highest BCUT2D eigenvalue weighted by Gasteiger charge is 2.28. The SMILES string of the molecule is CN1CCC[C@H]1C(=O)c1cccc(Cl)c1. The number of benzene rings is 1. The summed E-state index contributed by atoms with van der Waals surface area (Å²) in [4.78, 5) is 14.2. The van der Waals surface area contributed by atoms with Crippen LogP contribution >= 0.6 is 11.6 Å². The maximum absolute atomic E-state index is 12.1. The lowest BCUT2D eigenvalue weighted by atomic mass is 10.0. The molecule has 1 heterocycles. The van der Waals surface area contributed by atoms with Crippen LogP contribution < -0.4 is 0 Å². The van der Waals surface area contributed by atoms with Gasteiger partial charge in [0.15, 0.2) is 5.78 Å². The largest absolute Gasteiger partial charge is 0.296 e. The Morgan fingerprint density at radius 3 is 2.93 bits per heavy atom.